The molecule has 1 saturated carbocycles. The number of hydrogen-bond acceptors (Lipinski definition) is 9. The zero-order chi connectivity index (χ0) is 17.9. The van der Waals surface area contributed by atoms with E-state index in [0.29, 0.717) is 0 Å². The van der Waals surface area contributed by atoms with Crippen LogP contribution in [0, 0.1) is 11.8 Å². The van der Waals surface area contributed by atoms with Gasteiger partial charge in [0.25, 0.3) is 0 Å². The number of ketones is 1. The van der Waals surface area contributed by atoms with E-state index in [0.717, 1.165) is 18.0 Å². The van der Waals surface area contributed by atoms with E-state index in [-0.39, 0.29) is 41.7 Å². The molecule has 0 spiro atoms. The number of esters is 1. The molecule has 0 N–H and O–H groups in total. The molecular formula is C13H14N3NaO7S. The van der Waals surface area contributed by atoms with Crippen LogP contribution in [0.1, 0.15) is 23.8 Å². The Balaban J connectivity index is 0.00000225. The smallest absolute Gasteiger partial charge is 0.550 e. The molecule has 1 aromatic heterocycles. The van der Waals surface area contributed by atoms with Crippen LogP contribution in [0.4, 0.5) is 0 Å². The predicted molar refractivity (Wildman–Crippen MR) is 74.1 cm³/mol. The van der Waals surface area contributed by atoms with Crippen molar-refractivity contribution in [2.75, 3.05) is 7.11 Å². The summed E-state index contributed by atoms with van der Waals surface area (Å²) in [6.07, 6.45) is 0.887. The summed E-state index contributed by atoms with van der Waals surface area (Å²) in [6, 6.07) is 0. The van der Waals surface area contributed by atoms with Crippen LogP contribution in [0.5, 0.6) is 0 Å². The first-order chi connectivity index (χ1) is 11.1. The number of carbonyl (C=O) groups is 3. The zero-order valence-corrected chi connectivity index (χ0v) is 16.6. The molecule has 12 heteroatoms. The second kappa shape index (κ2) is 6.45. The summed E-state index contributed by atoms with van der Waals surface area (Å²) in [4.78, 5) is 35.0. The number of fused-ring (bicyclic) bond motifs is 1. The number of sulfone groups is 1. The Bertz CT molecular complexity index is 852. The quantitative estimate of drug-likeness (QED) is 0.369. The number of carboxylic acids is 1. The molecule has 1 aromatic rings. The third-order valence-electron chi connectivity index (χ3n) is 4.97. The van der Waals surface area contributed by atoms with Gasteiger partial charge in [-0.15, -0.1) is 5.10 Å². The summed E-state index contributed by atoms with van der Waals surface area (Å²) in [6.45, 7) is 0.788. The molecule has 130 valence electrons. The van der Waals surface area contributed by atoms with E-state index >= 15 is 0 Å². The van der Waals surface area contributed by atoms with Crippen molar-refractivity contribution in [2.24, 2.45) is 11.8 Å². The van der Waals surface area contributed by atoms with Crippen molar-refractivity contribution in [1.82, 2.24) is 15.0 Å². The van der Waals surface area contributed by atoms with Crippen molar-refractivity contribution in [3.05, 3.63) is 11.9 Å². The first-order valence-corrected chi connectivity index (χ1v) is 8.63. The van der Waals surface area contributed by atoms with Gasteiger partial charge in [0, 0.05) is 24.2 Å². The summed E-state index contributed by atoms with van der Waals surface area (Å²) in [5, 5.41) is 17.7. The van der Waals surface area contributed by atoms with E-state index in [1.165, 1.54) is 6.92 Å². The van der Waals surface area contributed by atoms with Crippen molar-refractivity contribution in [1.29, 1.82) is 0 Å². The molecule has 3 rings (SSSR count). The fourth-order valence-electron chi connectivity index (χ4n) is 3.63. The van der Waals surface area contributed by atoms with Crippen molar-refractivity contribution in [2.45, 2.75) is 29.9 Å². The van der Waals surface area contributed by atoms with Gasteiger partial charge in [0.05, 0.1) is 29.8 Å². The first-order valence-electron chi connectivity index (χ1n) is 7.09. The maximum absolute atomic E-state index is 12.8. The second-order valence-electron chi connectivity index (χ2n) is 6.16. The van der Waals surface area contributed by atoms with E-state index in [2.05, 4.69) is 15.0 Å². The molecule has 25 heavy (non-hydrogen) atoms. The first kappa shape index (κ1) is 20.0. The number of Topliss-reactive ketones (excluding diaryl/α,β-unsaturated/α-hetero) is 1. The number of aromatic nitrogens is 3. The van der Waals surface area contributed by atoms with Crippen LogP contribution in [0.3, 0.4) is 0 Å². The molecule has 0 bridgehead atoms. The van der Waals surface area contributed by atoms with Crippen molar-refractivity contribution in [3.63, 3.8) is 0 Å². The van der Waals surface area contributed by atoms with E-state index < -0.39 is 55.9 Å². The number of ether oxygens (including phenoxy) is 1. The minimum atomic E-state index is -3.96. The Hall–Kier alpha value is -1.30. The Kier molecular flexibility index (Phi) is 5.17. The molecule has 2 fully saturated rings. The Labute approximate surface area is 165 Å². The van der Waals surface area contributed by atoms with Gasteiger partial charge in [-0.3, -0.25) is 4.79 Å². The fourth-order valence-corrected chi connectivity index (χ4v) is 6.30. The van der Waals surface area contributed by atoms with Crippen LogP contribution in [0.25, 0.3) is 0 Å². The zero-order valence-electron chi connectivity index (χ0n) is 13.8. The standard InChI is InChI=1S/C13H15N3O7S.Na/c1-13(5-16-6(4-14-15-16)12(20)23-2)10(11(18)19)9-7(17)3-8(9)24(13,21)22;/h4,8-10H,3,5H2,1-2H3,(H,18,19);/q;+1/p-1/t8?,9?,10-,13-;/m0./s1. The number of aliphatic carboxylic acids is 1. The Morgan fingerprint density at radius 2 is 2.12 bits per heavy atom. The van der Waals surface area contributed by atoms with Crippen LogP contribution >= 0.6 is 0 Å². The molecule has 4 atom stereocenters. The van der Waals surface area contributed by atoms with E-state index in [1.54, 1.807) is 0 Å². The van der Waals surface area contributed by atoms with Gasteiger partial charge in [-0.05, 0) is 6.92 Å². The van der Waals surface area contributed by atoms with Gasteiger partial charge in [0.2, 0.25) is 0 Å². The number of hydrogen-bond donors (Lipinski definition) is 0. The molecule has 1 aliphatic heterocycles. The van der Waals surface area contributed by atoms with Gasteiger partial charge >= 0.3 is 35.5 Å². The van der Waals surface area contributed by atoms with Crippen LogP contribution < -0.4 is 34.7 Å². The van der Waals surface area contributed by atoms with Gasteiger partial charge in [-0.1, -0.05) is 5.21 Å². The van der Waals surface area contributed by atoms with Gasteiger partial charge in [-0.2, -0.15) is 0 Å². The number of rotatable bonds is 4. The number of methoxy groups -OCH3 is 1. The normalized spacial score (nSPS) is 32.2. The summed E-state index contributed by atoms with van der Waals surface area (Å²) in [5.41, 5.74) is -0.114. The number of carbonyl (C=O) groups excluding carboxylic acids is 3. The van der Waals surface area contributed by atoms with Gasteiger partial charge < -0.3 is 14.6 Å². The van der Waals surface area contributed by atoms with Crippen molar-refractivity contribution in [3.8, 4) is 0 Å². The maximum Gasteiger partial charge on any atom is 1.00 e. The third-order valence-corrected chi connectivity index (χ3v) is 7.91. The Morgan fingerprint density at radius 3 is 2.64 bits per heavy atom. The molecule has 1 saturated heterocycles. The molecule has 2 aliphatic rings. The maximum atomic E-state index is 12.8. The molecule has 0 radical (unpaired) electrons. The molecule has 10 nitrogen and oxygen atoms in total. The number of nitrogens with zero attached hydrogens (tertiary/aromatic N) is 3. The Morgan fingerprint density at radius 1 is 1.48 bits per heavy atom. The molecule has 1 aliphatic carbocycles. The molecule has 0 aromatic carbocycles. The molecular weight excluding hydrogens is 365 g/mol. The summed E-state index contributed by atoms with van der Waals surface area (Å²) in [7, 11) is -2.83. The van der Waals surface area contributed by atoms with Crippen LogP contribution in [-0.4, -0.2) is 58.2 Å². The topological polar surface area (TPSA) is 148 Å². The van der Waals surface area contributed by atoms with E-state index in [1.807, 2.05) is 0 Å². The predicted octanol–water partition coefficient (Wildman–Crippen LogP) is -5.42. The van der Waals surface area contributed by atoms with Crippen molar-refractivity contribution >= 4 is 27.6 Å². The minimum absolute atomic E-state index is 0. The molecule has 2 unspecified atom stereocenters. The van der Waals surface area contributed by atoms with Gasteiger partial charge in [0.15, 0.2) is 15.5 Å². The SMILES string of the molecule is COC(=O)c1cnnn1C[C@@]1(C)[C@H](C(=O)[O-])C2C(=O)CC2S1(=O)=O.[Na+]. The van der Waals surface area contributed by atoms with Gasteiger partial charge in [-0.25, -0.2) is 17.9 Å². The molecule has 0 amide bonds. The monoisotopic (exact) mass is 379 g/mol. The van der Waals surface area contributed by atoms with Gasteiger partial charge in [0.1, 0.15) is 5.78 Å². The average Bonchev–Trinajstić information content (AvgIpc) is 3.00. The number of carboxylic acid groups (broad SMARTS) is 1. The summed E-state index contributed by atoms with van der Waals surface area (Å²) in [5.74, 6) is -5.43. The molecule has 2 heterocycles. The van der Waals surface area contributed by atoms with Crippen molar-refractivity contribution < 1.29 is 62.2 Å². The minimum Gasteiger partial charge on any atom is -0.550 e. The average molecular weight is 379 g/mol. The largest absolute Gasteiger partial charge is 1.00 e. The summed E-state index contributed by atoms with van der Waals surface area (Å²) < 4.78 is 29.3. The van der Waals surface area contributed by atoms with E-state index in [4.69, 9.17) is 0 Å². The van der Waals surface area contributed by atoms with Crippen LogP contribution in [-0.2, 0) is 30.7 Å². The van der Waals surface area contributed by atoms with Crippen LogP contribution in [0.15, 0.2) is 6.20 Å². The van der Waals surface area contributed by atoms with E-state index in [9.17, 15) is 27.9 Å². The summed E-state index contributed by atoms with van der Waals surface area (Å²) >= 11 is 0. The fraction of sp³-hybridized carbons (Fsp3) is 0.615. The third kappa shape index (κ3) is 2.64. The second-order valence-corrected chi connectivity index (χ2v) is 8.79. The van der Waals surface area contributed by atoms with Crippen LogP contribution in [0.2, 0.25) is 0 Å².